The molecule has 23 heavy (non-hydrogen) atoms. The average Bonchev–Trinajstić information content (AvgIpc) is 3.14. The molecular formula is C16H21N5O2. The first kappa shape index (κ1) is 14.4. The number of fused-ring (bicyclic) bond motifs is 1. The maximum Gasteiger partial charge on any atom is 0.270 e. The van der Waals surface area contributed by atoms with E-state index in [1.807, 2.05) is 21.7 Å². The first-order valence-corrected chi connectivity index (χ1v) is 8.23. The lowest BCUT2D eigenvalue weighted by Crippen LogP contribution is -2.31. The molecule has 1 saturated carbocycles. The van der Waals surface area contributed by atoms with Crippen molar-refractivity contribution in [1.29, 1.82) is 0 Å². The fourth-order valence-electron chi connectivity index (χ4n) is 2.92. The third-order valence-corrected chi connectivity index (χ3v) is 4.46. The van der Waals surface area contributed by atoms with E-state index in [9.17, 15) is 4.79 Å². The van der Waals surface area contributed by atoms with Crippen LogP contribution in [0.2, 0.25) is 0 Å². The molecule has 0 aromatic carbocycles. The molecule has 2 aromatic heterocycles. The van der Waals surface area contributed by atoms with Gasteiger partial charge in [0.2, 0.25) is 0 Å². The van der Waals surface area contributed by atoms with Gasteiger partial charge < -0.3 is 14.6 Å². The standard InChI is InChI=1S/C16H21N5O2/c22-16(13-3-1-6-17-13)20-7-2-8-21-15(9-20)14(18-19-21)11-23-10-12-4-5-12/h1,3,6,12,17H,2,4-5,7-11H2. The molecule has 0 spiro atoms. The van der Waals surface area contributed by atoms with Crippen molar-refractivity contribution >= 4 is 5.91 Å². The van der Waals surface area contributed by atoms with E-state index in [4.69, 9.17) is 4.74 Å². The molecule has 2 aliphatic rings. The van der Waals surface area contributed by atoms with Gasteiger partial charge >= 0.3 is 0 Å². The Morgan fingerprint density at radius 2 is 2.30 bits per heavy atom. The zero-order valence-electron chi connectivity index (χ0n) is 13.1. The number of rotatable bonds is 5. The highest BCUT2D eigenvalue weighted by Crippen LogP contribution is 2.29. The molecule has 7 nitrogen and oxygen atoms in total. The van der Waals surface area contributed by atoms with Gasteiger partial charge in [0.1, 0.15) is 11.4 Å². The third kappa shape index (κ3) is 3.14. The Balaban J connectivity index is 1.48. The van der Waals surface area contributed by atoms with Gasteiger partial charge in [0.25, 0.3) is 5.91 Å². The van der Waals surface area contributed by atoms with Crippen LogP contribution in [0.3, 0.4) is 0 Å². The van der Waals surface area contributed by atoms with Gasteiger partial charge in [0.05, 0.1) is 18.8 Å². The maximum atomic E-state index is 12.6. The van der Waals surface area contributed by atoms with Crippen molar-refractivity contribution in [2.24, 2.45) is 5.92 Å². The zero-order valence-corrected chi connectivity index (χ0v) is 13.1. The number of hydrogen-bond acceptors (Lipinski definition) is 4. The number of ether oxygens (including phenoxy) is 1. The molecule has 0 bridgehead atoms. The minimum absolute atomic E-state index is 0.0227. The van der Waals surface area contributed by atoms with Crippen LogP contribution in [0.5, 0.6) is 0 Å². The van der Waals surface area contributed by atoms with E-state index in [-0.39, 0.29) is 5.91 Å². The van der Waals surface area contributed by atoms with Gasteiger partial charge in [-0.25, -0.2) is 4.68 Å². The van der Waals surface area contributed by atoms with Gasteiger partial charge in [-0.2, -0.15) is 0 Å². The van der Waals surface area contributed by atoms with E-state index in [0.29, 0.717) is 18.8 Å². The highest BCUT2D eigenvalue weighted by atomic mass is 16.5. The zero-order chi connectivity index (χ0) is 15.6. The molecule has 1 aliphatic heterocycles. The van der Waals surface area contributed by atoms with Gasteiger partial charge in [0, 0.05) is 25.9 Å². The number of aryl methyl sites for hydroxylation is 1. The summed E-state index contributed by atoms with van der Waals surface area (Å²) in [6.45, 7) is 3.34. The number of aromatic nitrogens is 4. The average molecular weight is 315 g/mol. The molecule has 3 heterocycles. The highest BCUT2D eigenvalue weighted by Gasteiger charge is 2.25. The van der Waals surface area contributed by atoms with Crippen LogP contribution in [0.25, 0.3) is 0 Å². The molecule has 2 aromatic rings. The molecule has 0 atom stereocenters. The summed E-state index contributed by atoms with van der Waals surface area (Å²) in [5.74, 6) is 0.754. The number of nitrogens with zero attached hydrogens (tertiary/aromatic N) is 4. The smallest absolute Gasteiger partial charge is 0.270 e. The molecule has 0 unspecified atom stereocenters. The van der Waals surface area contributed by atoms with Crippen LogP contribution >= 0.6 is 0 Å². The molecule has 4 rings (SSSR count). The van der Waals surface area contributed by atoms with Crippen LogP contribution in [-0.4, -0.2) is 43.9 Å². The largest absolute Gasteiger partial charge is 0.375 e. The van der Waals surface area contributed by atoms with Crippen molar-refractivity contribution in [3.8, 4) is 0 Å². The van der Waals surface area contributed by atoms with Crippen molar-refractivity contribution < 1.29 is 9.53 Å². The molecule has 122 valence electrons. The Morgan fingerprint density at radius 1 is 1.39 bits per heavy atom. The van der Waals surface area contributed by atoms with Crippen molar-refractivity contribution in [2.75, 3.05) is 13.2 Å². The number of carbonyl (C=O) groups is 1. The summed E-state index contributed by atoms with van der Waals surface area (Å²) >= 11 is 0. The number of aromatic amines is 1. The fraction of sp³-hybridized carbons (Fsp3) is 0.562. The molecule has 1 aliphatic carbocycles. The SMILES string of the molecule is O=C(c1ccc[nH]1)N1CCCn2nnc(COCC3CC3)c2C1. The Kier molecular flexibility index (Phi) is 3.87. The lowest BCUT2D eigenvalue weighted by molar-refractivity contribution is 0.0736. The first-order chi connectivity index (χ1) is 11.3. The Morgan fingerprint density at radius 3 is 3.09 bits per heavy atom. The second-order valence-corrected chi connectivity index (χ2v) is 6.33. The number of hydrogen-bond donors (Lipinski definition) is 1. The van der Waals surface area contributed by atoms with Crippen molar-refractivity contribution in [3.63, 3.8) is 0 Å². The summed E-state index contributed by atoms with van der Waals surface area (Å²) in [5, 5.41) is 8.48. The van der Waals surface area contributed by atoms with Gasteiger partial charge in [0.15, 0.2) is 0 Å². The van der Waals surface area contributed by atoms with E-state index in [0.717, 1.165) is 43.4 Å². The molecular weight excluding hydrogens is 294 g/mol. The Bertz CT molecular complexity index is 675. The van der Waals surface area contributed by atoms with E-state index in [1.54, 1.807) is 6.20 Å². The van der Waals surface area contributed by atoms with Crippen molar-refractivity contribution in [2.45, 2.75) is 39.0 Å². The number of amides is 1. The second-order valence-electron chi connectivity index (χ2n) is 6.33. The van der Waals surface area contributed by atoms with Gasteiger partial charge in [-0.15, -0.1) is 5.10 Å². The summed E-state index contributed by atoms with van der Waals surface area (Å²) in [7, 11) is 0. The fourth-order valence-corrected chi connectivity index (χ4v) is 2.92. The van der Waals surface area contributed by atoms with Gasteiger partial charge in [-0.1, -0.05) is 5.21 Å². The summed E-state index contributed by atoms with van der Waals surface area (Å²) in [4.78, 5) is 17.4. The molecule has 1 N–H and O–H groups in total. The van der Waals surface area contributed by atoms with Crippen LogP contribution in [-0.2, 0) is 24.4 Å². The van der Waals surface area contributed by atoms with Gasteiger partial charge in [-0.3, -0.25) is 4.79 Å². The molecule has 1 fully saturated rings. The molecule has 0 radical (unpaired) electrons. The molecule has 7 heteroatoms. The molecule has 1 amide bonds. The van der Waals surface area contributed by atoms with E-state index in [1.165, 1.54) is 12.8 Å². The van der Waals surface area contributed by atoms with E-state index >= 15 is 0 Å². The number of carbonyl (C=O) groups excluding carboxylic acids is 1. The van der Waals surface area contributed by atoms with Crippen LogP contribution in [0.4, 0.5) is 0 Å². The van der Waals surface area contributed by atoms with E-state index < -0.39 is 0 Å². The van der Waals surface area contributed by atoms with Gasteiger partial charge in [-0.05, 0) is 37.3 Å². The Labute approximate surface area is 134 Å². The summed E-state index contributed by atoms with van der Waals surface area (Å²) in [6, 6.07) is 3.65. The maximum absolute atomic E-state index is 12.6. The minimum atomic E-state index is 0.0227. The topological polar surface area (TPSA) is 76.0 Å². The van der Waals surface area contributed by atoms with Crippen molar-refractivity contribution in [1.82, 2.24) is 24.9 Å². The number of H-pyrrole nitrogens is 1. The lowest BCUT2D eigenvalue weighted by Gasteiger charge is -2.19. The molecule has 0 saturated heterocycles. The second kappa shape index (κ2) is 6.16. The normalized spacial score (nSPS) is 17.8. The Hall–Kier alpha value is -2.15. The first-order valence-electron chi connectivity index (χ1n) is 8.23. The summed E-state index contributed by atoms with van der Waals surface area (Å²) < 4.78 is 7.67. The van der Waals surface area contributed by atoms with Crippen LogP contribution in [0, 0.1) is 5.92 Å². The van der Waals surface area contributed by atoms with Crippen molar-refractivity contribution in [3.05, 3.63) is 35.4 Å². The third-order valence-electron chi connectivity index (χ3n) is 4.46. The van der Waals surface area contributed by atoms with Crippen LogP contribution in [0.1, 0.15) is 41.1 Å². The summed E-state index contributed by atoms with van der Waals surface area (Å²) in [6.07, 6.45) is 5.20. The monoisotopic (exact) mass is 315 g/mol. The van der Waals surface area contributed by atoms with E-state index in [2.05, 4.69) is 15.3 Å². The predicted molar refractivity (Wildman–Crippen MR) is 82.6 cm³/mol. The highest BCUT2D eigenvalue weighted by molar-refractivity contribution is 5.92. The quantitative estimate of drug-likeness (QED) is 0.909. The van der Waals surface area contributed by atoms with Crippen LogP contribution in [0.15, 0.2) is 18.3 Å². The lowest BCUT2D eigenvalue weighted by atomic mass is 10.2. The summed E-state index contributed by atoms with van der Waals surface area (Å²) in [5.41, 5.74) is 2.48. The number of nitrogens with one attached hydrogen (secondary N) is 1. The minimum Gasteiger partial charge on any atom is -0.375 e. The predicted octanol–water partition coefficient (Wildman–Crippen LogP) is 1.58. The van der Waals surface area contributed by atoms with Crippen LogP contribution < -0.4 is 0 Å².